The van der Waals surface area contributed by atoms with Gasteiger partial charge in [0.05, 0.1) is 16.3 Å². The van der Waals surface area contributed by atoms with Crippen LogP contribution in [0.2, 0.25) is 0 Å². The van der Waals surface area contributed by atoms with Gasteiger partial charge in [-0.1, -0.05) is 17.4 Å². The molecule has 0 saturated carbocycles. The van der Waals surface area contributed by atoms with Crippen molar-refractivity contribution in [2.75, 3.05) is 5.32 Å². The number of aromatic nitrogens is 2. The van der Waals surface area contributed by atoms with Crippen LogP contribution in [0.1, 0.15) is 28.4 Å². The third kappa shape index (κ3) is 2.62. The molecular weight excluding hydrogens is 274 g/mol. The molecule has 1 unspecified atom stereocenters. The van der Waals surface area contributed by atoms with Gasteiger partial charge in [-0.2, -0.15) is 0 Å². The molecule has 3 aromatic rings. The van der Waals surface area contributed by atoms with Crippen LogP contribution in [0.15, 0.2) is 24.4 Å². The lowest BCUT2D eigenvalue weighted by molar-refractivity contribution is 0.868. The van der Waals surface area contributed by atoms with Crippen molar-refractivity contribution in [3.63, 3.8) is 0 Å². The molecule has 19 heavy (non-hydrogen) atoms. The van der Waals surface area contributed by atoms with Crippen molar-refractivity contribution in [2.45, 2.75) is 26.8 Å². The predicted molar refractivity (Wildman–Crippen MR) is 83.2 cm³/mol. The summed E-state index contributed by atoms with van der Waals surface area (Å²) in [5, 5.41) is 5.50. The molecule has 1 atom stereocenters. The highest BCUT2D eigenvalue weighted by Gasteiger charge is 2.12. The van der Waals surface area contributed by atoms with Gasteiger partial charge >= 0.3 is 0 Å². The quantitative estimate of drug-likeness (QED) is 0.769. The Hall–Kier alpha value is -1.46. The molecule has 0 aliphatic heterocycles. The van der Waals surface area contributed by atoms with Gasteiger partial charge in [0.2, 0.25) is 0 Å². The van der Waals surface area contributed by atoms with Gasteiger partial charge in [0.25, 0.3) is 0 Å². The number of anilines is 1. The second-order valence-electron chi connectivity index (χ2n) is 4.67. The average Bonchev–Trinajstić information content (AvgIpc) is 2.94. The first-order chi connectivity index (χ1) is 9.11. The second-order valence-corrected chi connectivity index (χ2v) is 6.96. The van der Waals surface area contributed by atoms with E-state index in [0.29, 0.717) is 0 Å². The van der Waals surface area contributed by atoms with Crippen LogP contribution in [-0.2, 0) is 0 Å². The molecule has 3 rings (SSSR count). The number of hydrogen-bond acceptors (Lipinski definition) is 5. The summed E-state index contributed by atoms with van der Waals surface area (Å²) >= 11 is 3.42. The van der Waals surface area contributed by atoms with E-state index in [4.69, 9.17) is 0 Å². The Labute approximate surface area is 120 Å². The Bertz CT molecular complexity index is 714. The van der Waals surface area contributed by atoms with Crippen LogP contribution >= 0.6 is 22.7 Å². The van der Waals surface area contributed by atoms with E-state index in [1.807, 2.05) is 6.20 Å². The Balaban J connectivity index is 1.85. The molecule has 0 amide bonds. The molecule has 0 aliphatic rings. The lowest BCUT2D eigenvalue weighted by Crippen LogP contribution is -2.05. The van der Waals surface area contributed by atoms with Crippen LogP contribution in [0.3, 0.4) is 0 Å². The van der Waals surface area contributed by atoms with Crippen LogP contribution in [-0.4, -0.2) is 9.97 Å². The highest BCUT2D eigenvalue weighted by atomic mass is 32.1. The Morgan fingerprint density at radius 2 is 2.05 bits per heavy atom. The van der Waals surface area contributed by atoms with E-state index in [0.717, 1.165) is 15.7 Å². The van der Waals surface area contributed by atoms with Crippen molar-refractivity contribution in [1.82, 2.24) is 9.97 Å². The van der Waals surface area contributed by atoms with Crippen LogP contribution in [0.25, 0.3) is 10.2 Å². The van der Waals surface area contributed by atoms with Crippen LogP contribution in [0.5, 0.6) is 0 Å². The number of fused-ring (bicyclic) bond motifs is 1. The first kappa shape index (κ1) is 12.6. The number of nitrogens with zero attached hydrogens (tertiary/aromatic N) is 2. The molecule has 5 heteroatoms. The van der Waals surface area contributed by atoms with E-state index in [-0.39, 0.29) is 6.04 Å². The van der Waals surface area contributed by atoms with Crippen molar-refractivity contribution in [3.8, 4) is 0 Å². The first-order valence-electron chi connectivity index (χ1n) is 6.18. The highest BCUT2D eigenvalue weighted by molar-refractivity contribution is 7.22. The van der Waals surface area contributed by atoms with Gasteiger partial charge in [-0.25, -0.2) is 9.97 Å². The van der Waals surface area contributed by atoms with Gasteiger partial charge in [-0.3, -0.25) is 0 Å². The number of hydrogen-bond donors (Lipinski definition) is 1. The molecule has 2 aromatic heterocycles. The van der Waals surface area contributed by atoms with E-state index >= 15 is 0 Å². The molecule has 1 N–H and O–H groups in total. The lowest BCUT2D eigenvalue weighted by atomic mass is 10.2. The van der Waals surface area contributed by atoms with Crippen molar-refractivity contribution < 1.29 is 0 Å². The van der Waals surface area contributed by atoms with Crippen molar-refractivity contribution in [1.29, 1.82) is 0 Å². The van der Waals surface area contributed by atoms with E-state index in [1.54, 1.807) is 22.7 Å². The van der Waals surface area contributed by atoms with Crippen LogP contribution in [0, 0.1) is 13.8 Å². The van der Waals surface area contributed by atoms with Crippen molar-refractivity contribution in [2.24, 2.45) is 0 Å². The van der Waals surface area contributed by atoms with Gasteiger partial charge in [-0.05, 0) is 38.5 Å². The minimum absolute atomic E-state index is 0.195. The molecule has 0 aliphatic carbocycles. The van der Waals surface area contributed by atoms with E-state index in [1.165, 1.54) is 15.1 Å². The third-order valence-corrected chi connectivity index (χ3v) is 4.94. The molecule has 0 bridgehead atoms. The maximum atomic E-state index is 4.61. The fourth-order valence-electron chi connectivity index (χ4n) is 1.91. The second kappa shape index (κ2) is 4.90. The molecular formula is C14H15N3S2. The predicted octanol–water partition coefficient (Wildman–Crippen LogP) is 4.54. The number of aryl methyl sites for hydroxylation is 2. The first-order valence-corrected chi connectivity index (χ1v) is 7.81. The van der Waals surface area contributed by atoms with E-state index in [2.05, 4.69) is 54.3 Å². The zero-order valence-electron chi connectivity index (χ0n) is 11.1. The molecule has 3 nitrogen and oxygen atoms in total. The molecule has 0 saturated heterocycles. The molecule has 0 fully saturated rings. The summed E-state index contributed by atoms with van der Waals surface area (Å²) in [6.45, 7) is 6.30. The number of nitrogens with one attached hydrogen (secondary N) is 1. The molecule has 98 valence electrons. The topological polar surface area (TPSA) is 37.8 Å². The van der Waals surface area contributed by atoms with Crippen LogP contribution < -0.4 is 5.32 Å². The van der Waals surface area contributed by atoms with Gasteiger partial charge in [-0.15, -0.1) is 11.3 Å². The number of rotatable bonds is 3. The zero-order valence-corrected chi connectivity index (χ0v) is 12.7. The highest BCUT2D eigenvalue weighted by Crippen LogP contribution is 2.30. The third-order valence-electron chi connectivity index (χ3n) is 2.89. The van der Waals surface area contributed by atoms with Gasteiger partial charge in [0, 0.05) is 11.1 Å². The van der Waals surface area contributed by atoms with Gasteiger partial charge < -0.3 is 5.32 Å². The lowest BCUT2D eigenvalue weighted by Gasteiger charge is -2.08. The SMILES string of the molecule is Cc1ccc2nc(NC(C)c3ncc(C)s3)sc2c1. The minimum atomic E-state index is 0.195. The molecule has 0 spiro atoms. The smallest absolute Gasteiger partial charge is 0.184 e. The fourth-order valence-corrected chi connectivity index (χ4v) is 3.74. The summed E-state index contributed by atoms with van der Waals surface area (Å²) in [5.41, 5.74) is 2.33. The summed E-state index contributed by atoms with van der Waals surface area (Å²) in [6.07, 6.45) is 1.92. The van der Waals surface area contributed by atoms with E-state index in [9.17, 15) is 0 Å². The molecule has 1 aromatic carbocycles. The summed E-state index contributed by atoms with van der Waals surface area (Å²) in [6, 6.07) is 6.54. The summed E-state index contributed by atoms with van der Waals surface area (Å²) < 4.78 is 1.23. The number of thiazole rings is 2. The Kier molecular flexibility index (Phi) is 3.24. The van der Waals surface area contributed by atoms with Gasteiger partial charge in [0.15, 0.2) is 5.13 Å². The Morgan fingerprint density at radius 1 is 1.21 bits per heavy atom. The largest absolute Gasteiger partial charge is 0.353 e. The van der Waals surface area contributed by atoms with E-state index < -0.39 is 0 Å². The zero-order chi connectivity index (χ0) is 13.4. The maximum absolute atomic E-state index is 4.61. The summed E-state index contributed by atoms with van der Waals surface area (Å²) in [4.78, 5) is 10.3. The summed E-state index contributed by atoms with van der Waals surface area (Å²) in [7, 11) is 0. The van der Waals surface area contributed by atoms with Crippen molar-refractivity contribution >= 4 is 38.0 Å². The fraction of sp³-hybridized carbons (Fsp3) is 0.286. The molecule has 2 heterocycles. The Morgan fingerprint density at radius 3 is 2.79 bits per heavy atom. The maximum Gasteiger partial charge on any atom is 0.184 e. The summed E-state index contributed by atoms with van der Waals surface area (Å²) in [5.74, 6) is 0. The number of benzene rings is 1. The molecule has 0 radical (unpaired) electrons. The van der Waals surface area contributed by atoms with Crippen molar-refractivity contribution in [3.05, 3.63) is 39.8 Å². The van der Waals surface area contributed by atoms with Crippen LogP contribution in [0.4, 0.5) is 5.13 Å². The monoisotopic (exact) mass is 289 g/mol. The standard InChI is InChI=1S/C14H15N3S2/c1-8-4-5-11-12(6-8)19-14(17-11)16-10(3)13-15-7-9(2)18-13/h4-7,10H,1-3H3,(H,16,17). The normalized spacial score (nSPS) is 12.8. The average molecular weight is 289 g/mol. The van der Waals surface area contributed by atoms with Gasteiger partial charge in [0.1, 0.15) is 5.01 Å². The minimum Gasteiger partial charge on any atom is -0.353 e.